The van der Waals surface area contributed by atoms with Crippen LogP contribution in [0.5, 0.6) is 5.75 Å². The van der Waals surface area contributed by atoms with Crippen molar-refractivity contribution in [2.24, 2.45) is 11.8 Å². The van der Waals surface area contributed by atoms with Crippen molar-refractivity contribution in [3.63, 3.8) is 0 Å². The fourth-order valence-electron chi connectivity index (χ4n) is 3.45. The van der Waals surface area contributed by atoms with Gasteiger partial charge in [-0.25, -0.2) is 0 Å². The van der Waals surface area contributed by atoms with Crippen molar-refractivity contribution >= 4 is 0 Å². The highest BCUT2D eigenvalue weighted by Crippen LogP contribution is 2.37. The molecule has 0 saturated heterocycles. The summed E-state index contributed by atoms with van der Waals surface area (Å²) in [7, 11) is 2.09. The molecular weight excluding hydrogens is 246 g/mol. The van der Waals surface area contributed by atoms with E-state index in [2.05, 4.69) is 50.5 Å². The second-order valence-electron chi connectivity index (χ2n) is 6.22. The molecule has 0 bridgehead atoms. The highest BCUT2D eigenvalue weighted by atomic mass is 16.5. The summed E-state index contributed by atoms with van der Waals surface area (Å²) in [4.78, 5) is 0. The van der Waals surface area contributed by atoms with Crippen molar-refractivity contribution in [3.8, 4) is 5.75 Å². The summed E-state index contributed by atoms with van der Waals surface area (Å²) in [6.45, 7) is 5.32. The molecule has 1 aliphatic carbocycles. The molecule has 2 nitrogen and oxygen atoms in total. The molecule has 0 aromatic heterocycles. The number of benzene rings is 1. The van der Waals surface area contributed by atoms with E-state index >= 15 is 0 Å². The SMILES string of the molecule is CCCOc1ccc(C(NC)C2CCCC(C)C2)cc1. The summed E-state index contributed by atoms with van der Waals surface area (Å²) in [6, 6.07) is 9.16. The van der Waals surface area contributed by atoms with Crippen molar-refractivity contribution in [1.82, 2.24) is 5.32 Å². The van der Waals surface area contributed by atoms with Gasteiger partial charge in [0.25, 0.3) is 0 Å². The molecule has 3 unspecified atom stereocenters. The van der Waals surface area contributed by atoms with E-state index in [-0.39, 0.29) is 0 Å². The third-order valence-corrected chi connectivity index (χ3v) is 4.47. The van der Waals surface area contributed by atoms with Crippen molar-refractivity contribution in [2.45, 2.75) is 52.0 Å². The van der Waals surface area contributed by atoms with Gasteiger partial charge >= 0.3 is 0 Å². The lowest BCUT2D eigenvalue weighted by atomic mass is 9.77. The van der Waals surface area contributed by atoms with Crippen LogP contribution >= 0.6 is 0 Å². The minimum absolute atomic E-state index is 0.484. The summed E-state index contributed by atoms with van der Waals surface area (Å²) in [5.74, 6) is 2.63. The van der Waals surface area contributed by atoms with Gasteiger partial charge in [-0.15, -0.1) is 0 Å². The first-order chi connectivity index (χ1) is 9.74. The molecular formula is C18H29NO. The molecule has 0 aliphatic heterocycles. The third-order valence-electron chi connectivity index (χ3n) is 4.47. The molecule has 2 heteroatoms. The molecule has 20 heavy (non-hydrogen) atoms. The lowest BCUT2D eigenvalue weighted by Gasteiger charge is -2.33. The Morgan fingerprint density at radius 3 is 2.60 bits per heavy atom. The largest absolute Gasteiger partial charge is 0.494 e. The molecule has 2 rings (SSSR count). The van der Waals surface area contributed by atoms with Crippen LogP contribution in [0.25, 0.3) is 0 Å². The Labute approximate surface area is 123 Å². The predicted molar refractivity (Wildman–Crippen MR) is 85.2 cm³/mol. The fourth-order valence-corrected chi connectivity index (χ4v) is 3.45. The topological polar surface area (TPSA) is 21.3 Å². The Morgan fingerprint density at radius 1 is 1.25 bits per heavy atom. The Hall–Kier alpha value is -1.02. The average Bonchev–Trinajstić information content (AvgIpc) is 2.47. The van der Waals surface area contributed by atoms with Crippen molar-refractivity contribution in [1.29, 1.82) is 0 Å². The van der Waals surface area contributed by atoms with E-state index in [9.17, 15) is 0 Å². The zero-order valence-electron chi connectivity index (χ0n) is 13.2. The molecule has 1 fully saturated rings. The second kappa shape index (κ2) is 7.68. The van der Waals surface area contributed by atoms with Crippen LogP contribution in [0.3, 0.4) is 0 Å². The molecule has 1 aliphatic rings. The lowest BCUT2D eigenvalue weighted by Crippen LogP contribution is -2.28. The zero-order valence-corrected chi connectivity index (χ0v) is 13.2. The zero-order chi connectivity index (χ0) is 14.4. The van der Waals surface area contributed by atoms with Gasteiger partial charge in [-0.2, -0.15) is 0 Å². The van der Waals surface area contributed by atoms with Gasteiger partial charge in [-0.1, -0.05) is 38.8 Å². The molecule has 0 heterocycles. The van der Waals surface area contributed by atoms with E-state index in [1.165, 1.54) is 31.2 Å². The van der Waals surface area contributed by atoms with E-state index in [1.807, 2.05) is 0 Å². The van der Waals surface area contributed by atoms with Crippen molar-refractivity contribution in [3.05, 3.63) is 29.8 Å². The van der Waals surface area contributed by atoms with Gasteiger partial charge < -0.3 is 10.1 Å². The van der Waals surface area contributed by atoms with Crippen LogP contribution in [0.2, 0.25) is 0 Å². The minimum Gasteiger partial charge on any atom is -0.494 e. The van der Waals surface area contributed by atoms with E-state index in [1.54, 1.807) is 0 Å². The third kappa shape index (κ3) is 3.99. The van der Waals surface area contributed by atoms with Crippen molar-refractivity contribution < 1.29 is 4.74 Å². The summed E-state index contributed by atoms with van der Waals surface area (Å²) in [5, 5.41) is 3.53. The highest BCUT2D eigenvalue weighted by molar-refractivity contribution is 5.29. The number of rotatable bonds is 6. The minimum atomic E-state index is 0.484. The quantitative estimate of drug-likeness (QED) is 0.821. The van der Waals surface area contributed by atoms with Gasteiger partial charge in [-0.3, -0.25) is 0 Å². The first kappa shape index (κ1) is 15.4. The number of hydrogen-bond acceptors (Lipinski definition) is 2. The molecule has 1 N–H and O–H groups in total. The molecule has 1 aromatic rings. The maximum atomic E-state index is 5.67. The Kier molecular flexibility index (Phi) is 5.90. The lowest BCUT2D eigenvalue weighted by molar-refractivity contribution is 0.230. The molecule has 0 radical (unpaired) electrons. The van der Waals surface area contributed by atoms with E-state index in [4.69, 9.17) is 4.74 Å². The van der Waals surface area contributed by atoms with Crippen LogP contribution in [-0.2, 0) is 0 Å². The van der Waals surface area contributed by atoms with Gasteiger partial charge in [-0.05, 0) is 55.8 Å². The van der Waals surface area contributed by atoms with Crippen LogP contribution in [0.4, 0.5) is 0 Å². The Morgan fingerprint density at radius 2 is 2.00 bits per heavy atom. The molecule has 0 amide bonds. The molecule has 1 saturated carbocycles. The smallest absolute Gasteiger partial charge is 0.119 e. The second-order valence-corrected chi connectivity index (χ2v) is 6.22. The standard InChI is InChI=1S/C18H29NO/c1-4-12-20-17-10-8-15(9-11-17)18(19-3)16-7-5-6-14(2)13-16/h8-11,14,16,18-19H,4-7,12-13H2,1-3H3. The van der Waals surface area contributed by atoms with Crippen LogP contribution in [0.1, 0.15) is 57.6 Å². The Balaban J connectivity index is 2.03. The normalized spacial score (nSPS) is 24.4. The van der Waals surface area contributed by atoms with E-state index in [0.29, 0.717) is 6.04 Å². The van der Waals surface area contributed by atoms with Crippen molar-refractivity contribution in [2.75, 3.05) is 13.7 Å². The van der Waals surface area contributed by atoms with Gasteiger partial charge in [0, 0.05) is 6.04 Å². The summed E-state index contributed by atoms with van der Waals surface area (Å²) in [5.41, 5.74) is 1.40. The van der Waals surface area contributed by atoms with Gasteiger partial charge in [0.2, 0.25) is 0 Å². The van der Waals surface area contributed by atoms with Crippen LogP contribution in [0.15, 0.2) is 24.3 Å². The number of nitrogens with one attached hydrogen (secondary N) is 1. The molecule has 112 valence electrons. The van der Waals surface area contributed by atoms with E-state index < -0.39 is 0 Å². The van der Waals surface area contributed by atoms with E-state index in [0.717, 1.165) is 30.6 Å². The van der Waals surface area contributed by atoms with Gasteiger partial charge in [0.05, 0.1) is 6.61 Å². The first-order valence-corrected chi connectivity index (χ1v) is 8.14. The maximum Gasteiger partial charge on any atom is 0.119 e. The number of hydrogen-bond donors (Lipinski definition) is 1. The van der Waals surface area contributed by atoms with Crippen LogP contribution in [-0.4, -0.2) is 13.7 Å². The maximum absolute atomic E-state index is 5.67. The Bertz CT molecular complexity index is 387. The molecule has 1 aromatic carbocycles. The predicted octanol–water partition coefficient (Wildman–Crippen LogP) is 4.56. The average molecular weight is 275 g/mol. The molecule has 0 spiro atoms. The highest BCUT2D eigenvalue weighted by Gasteiger charge is 2.26. The monoisotopic (exact) mass is 275 g/mol. The first-order valence-electron chi connectivity index (χ1n) is 8.14. The van der Waals surface area contributed by atoms with Gasteiger partial charge in [0.1, 0.15) is 5.75 Å². The fraction of sp³-hybridized carbons (Fsp3) is 0.667. The van der Waals surface area contributed by atoms with Gasteiger partial charge in [0.15, 0.2) is 0 Å². The summed E-state index contributed by atoms with van der Waals surface area (Å²) in [6.07, 6.45) is 6.53. The molecule has 3 atom stereocenters. The summed E-state index contributed by atoms with van der Waals surface area (Å²) < 4.78 is 5.67. The van der Waals surface area contributed by atoms with Crippen LogP contribution < -0.4 is 10.1 Å². The summed E-state index contributed by atoms with van der Waals surface area (Å²) >= 11 is 0. The van der Waals surface area contributed by atoms with Crippen LogP contribution in [0, 0.1) is 11.8 Å². The number of ether oxygens (including phenoxy) is 1.